The molecule has 0 spiro atoms. The van der Waals surface area contributed by atoms with Gasteiger partial charge in [0.15, 0.2) is 0 Å². The van der Waals surface area contributed by atoms with E-state index in [0.29, 0.717) is 5.92 Å². The van der Waals surface area contributed by atoms with Gasteiger partial charge >= 0.3 is 0 Å². The second-order valence-corrected chi connectivity index (χ2v) is 5.45. The van der Waals surface area contributed by atoms with Gasteiger partial charge in [-0.1, -0.05) is 32.0 Å². The SMILES string of the molecule is CCN(c1ccccc1)c1cc(Br)nc(C(C)C)n1. The molecule has 100 valence electrons. The molecule has 1 aromatic carbocycles. The third kappa shape index (κ3) is 3.32. The average molecular weight is 320 g/mol. The summed E-state index contributed by atoms with van der Waals surface area (Å²) in [6.07, 6.45) is 0. The van der Waals surface area contributed by atoms with E-state index in [1.807, 2.05) is 24.3 Å². The summed E-state index contributed by atoms with van der Waals surface area (Å²) in [7, 11) is 0. The molecule has 0 fully saturated rings. The minimum absolute atomic E-state index is 0.311. The fraction of sp³-hybridized carbons (Fsp3) is 0.333. The van der Waals surface area contributed by atoms with Crippen molar-refractivity contribution < 1.29 is 0 Å². The van der Waals surface area contributed by atoms with E-state index in [4.69, 9.17) is 0 Å². The zero-order valence-electron chi connectivity index (χ0n) is 11.5. The Morgan fingerprint density at radius 1 is 1.16 bits per heavy atom. The minimum Gasteiger partial charge on any atom is -0.327 e. The quantitative estimate of drug-likeness (QED) is 0.776. The Balaban J connectivity index is 2.44. The molecule has 0 aliphatic heterocycles. The zero-order chi connectivity index (χ0) is 13.8. The van der Waals surface area contributed by atoms with Crippen LogP contribution < -0.4 is 4.90 Å². The maximum absolute atomic E-state index is 4.67. The lowest BCUT2D eigenvalue weighted by molar-refractivity contribution is 0.764. The van der Waals surface area contributed by atoms with E-state index < -0.39 is 0 Å². The molecule has 2 rings (SSSR count). The van der Waals surface area contributed by atoms with Crippen LogP contribution in [0.4, 0.5) is 11.5 Å². The smallest absolute Gasteiger partial charge is 0.137 e. The maximum Gasteiger partial charge on any atom is 0.137 e. The Kier molecular flexibility index (Phi) is 4.53. The van der Waals surface area contributed by atoms with Crippen molar-refractivity contribution in [2.24, 2.45) is 0 Å². The fourth-order valence-electron chi connectivity index (χ4n) is 1.90. The molecule has 0 saturated heterocycles. The van der Waals surface area contributed by atoms with Crippen LogP contribution in [0.25, 0.3) is 0 Å². The van der Waals surface area contributed by atoms with Gasteiger partial charge in [-0.3, -0.25) is 0 Å². The molecule has 4 heteroatoms. The van der Waals surface area contributed by atoms with Gasteiger partial charge in [0, 0.05) is 24.2 Å². The molecule has 0 saturated carbocycles. The molecule has 0 unspecified atom stereocenters. The molecule has 1 heterocycles. The van der Waals surface area contributed by atoms with Crippen LogP contribution >= 0.6 is 15.9 Å². The summed E-state index contributed by atoms with van der Waals surface area (Å²) in [5.74, 6) is 2.10. The van der Waals surface area contributed by atoms with Gasteiger partial charge in [-0.2, -0.15) is 0 Å². The van der Waals surface area contributed by atoms with Crippen LogP contribution in [0, 0.1) is 0 Å². The van der Waals surface area contributed by atoms with Crippen molar-refractivity contribution >= 4 is 27.4 Å². The standard InChI is InChI=1S/C15H18BrN3/c1-4-19(12-8-6-5-7-9-12)14-10-13(16)17-15(18-14)11(2)3/h5-11H,4H2,1-3H3. The molecular weight excluding hydrogens is 302 g/mol. The first-order valence-electron chi connectivity index (χ1n) is 6.49. The van der Waals surface area contributed by atoms with Gasteiger partial charge in [0.2, 0.25) is 0 Å². The number of aromatic nitrogens is 2. The molecule has 19 heavy (non-hydrogen) atoms. The number of hydrogen-bond donors (Lipinski definition) is 0. The minimum atomic E-state index is 0.311. The molecule has 0 amide bonds. The van der Waals surface area contributed by atoms with Crippen LogP contribution in [0.3, 0.4) is 0 Å². The number of benzene rings is 1. The summed E-state index contributed by atoms with van der Waals surface area (Å²) in [5, 5.41) is 0. The Labute approximate surface area is 122 Å². The van der Waals surface area contributed by atoms with Gasteiger partial charge in [-0.25, -0.2) is 9.97 Å². The van der Waals surface area contributed by atoms with Crippen molar-refractivity contribution in [3.63, 3.8) is 0 Å². The molecule has 0 atom stereocenters. The molecule has 1 aromatic heterocycles. The summed E-state index contributed by atoms with van der Waals surface area (Å²) < 4.78 is 0.829. The first kappa shape index (κ1) is 14.0. The molecule has 0 aliphatic carbocycles. The largest absolute Gasteiger partial charge is 0.327 e. The Hall–Kier alpha value is -1.42. The lowest BCUT2D eigenvalue weighted by Gasteiger charge is -2.23. The number of anilines is 2. The summed E-state index contributed by atoms with van der Waals surface area (Å²) in [5.41, 5.74) is 1.14. The maximum atomic E-state index is 4.67. The highest BCUT2D eigenvalue weighted by atomic mass is 79.9. The van der Waals surface area contributed by atoms with E-state index in [1.54, 1.807) is 0 Å². The number of nitrogens with zero attached hydrogens (tertiary/aromatic N) is 3. The van der Waals surface area contributed by atoms with Crippen LogP contribution in [0.1, 0.15) is 32.5 Å². The molecule has 3 nitrogen and oxygen atoms in total. The monoisotopic (exact) mass is 319 g/mol. The van der Waals surface area contributed by atoms with E-state index >= 15 is 0 Å². The zero-order valence-corrected chi connectivity index (χ0v) is 13.1. The van der Waals surface area contributed by atoms with Crippen LogP contribution in [0.2, 0.25) is 0 Å². The fourth-order valence-corrected chi connectivity index (χ4v) is 2.29. The van der Waals surface area contributed by atoms with Crippen molar-refractivity contribution in [3.8, 4) is 0 Å². The lowest BCUT2D eigenvalue weighted by atomic mass is 10.2. The van der Waals surface area contributed by atoms with E-state index in [2.05, 4.69) is 63.7 Å². The van der Waals surface area contributed by atoms with Gasteiger partial charge in [-0.05, 0) is 35.0 Å². The highest BCUT2D eigenvalue weighted by Crippen LogP contribution is 2.26. The third-order valence-electron chi connectivity index (χ3n) is 2.88. The normalized spacial score (nSPS) is 10.8. The summed E-state index contributed by atoms with van der Waals surface area (Å²) in [6.45, 7) is 7.19. The van der Waals surface area contributed by atoms with Crippen molar-refractivity contribution in [2.45, 2.75) is 26.7 Å². The molecule has 0 bridgehead atoms. The summed E-state index contributed by atoms with van der Waals surface area (Å²) in [6, 6.07) is 12.2. The molecule has 0 N–H and O–H groups in total. The van der Waals surface area contributed by atoms with Gasteiger partial charge in [-0.15, -0.1) is 0 Å². The van der Waals surface area contributed by atoms with Crippen LogP contribution in [-0.2, 0) is 0 Å². The molecule has 0 radical (unpaired) electrons. The predicted octanol–water partition coefficient (Wildman–Crippen LogP) is 4.52. The molecular formula is C15H18BrN3. The van der Waals surface area contributed by atoms with E-state index in [0.717, 1.165) is 28.5 Å². The van der Waals surface area contributed by atoms with Crippen molar-refractivity contribution in [1.29, 1.82) is 0 Å². The third-order valence-corrected chi connectivity index (χ3v) is 3.28. The van der Waals surface area contributed by atoms with Crippen LogP contribution in [0.5, 0.6) is 0 Å². The van der Waals surface area contributed by atoms with Crippen LogP contribution in [-0.4, -0.2) is 16.5 Å². The number of para-hydroxylation sites is 1. The number of rotatable bonds is 4. The number of halogens is 1. The van der Waals surface area contributed by atoms with Gasteiger partial charge < -0.3 is 4.90 Å². The van der Waals surface area contributed by atoms with Crippen molar-refractivity contribution in [1.82, 2.24) is 9.97 Å². The topological polar surface area (TPSA) is 29.0 Å². The lowest BCUT2D eigenvalue weighted by Crippen LogP contribution is -2.18. The summed E-state index contributed by atoms with van der Waals surface area (Å²) in [4.78, 5) is 11.3. The highest BCUT2D eigenvalue weighted by molar-refractivity contribution is 9.10. The Morgan fingerprint density at radius 3 is 2.42 bits per heavy atom. The van der Waals surface area contributed by atoms with E-state index in [9.17, 15) is 0 Å². The Morgan fingerprint density at radius 2 is 1.84 bits per heavy atom. The van der Waals surface area contributed by atoms with Gasteiger partial charge in [0.25, 0.3) is 0 Å². The van der Waals surface area contributed by atoms with E-state index in [-0.39, 0.29) is 0 Å². The van der Waals surface area contributed by atoms with Crippen molar-refractivity contribution in [3.05, 3.63) is 46.8 Å². The average Bonchev–Trinajstić information content (AvgIpc) is 2.40. The van der Waals surface area contributed by atoms with E-state index in [1.165, 1.54) is 0 Å². The first-order chi connectivity index (χ1) is 9.11. The van der Waals surface area contributed by atoms with Gasteiger partial charge in [0.05, 0.1) is 0 Å². The first-order valence-corrected chi connectivity index (χ1v) is 7.28. The predicted molar refractivity (Wildman–Crippen MR) is 82.9 cm³/mol. The van der Waals surface area contributed by atoms with Gasteiger partial charge in [0.1, 0.15) is 16.2 Å². The second-order valence-electron chi connectivity index (χ2n) is 4.64. The number of hydrogen-bond acceptors (Lipinski definition) is 3. The Bertz CT molecular complexity index is 540. The molecule has 2 aromatic rings. The molecule has 0 aliphatic rings. The summed E-state index contributed by atoms with van der Waals surface area (Å²) >= 11 is 3.47. The van der Waals surface area contributed by atoms with Crippen LogP contribution in [0.15, 0.2) is 41.0 Å². The second kappa shape index (κ2) is 6.15. The highest BCUT2D eigenvalue weighted by Gasteiger charge is 2.12. The van der Waals surface area contributed by atoms with Crippen molar-refractivity contribution in [2.75, 3.05) is 11.4 Å².